The van der Waals surface area contributed by atoms with Gasteiger partial charge in [0.1, 0.15) is 6.04 Å². The number of aliphatic imine (C=N–C) groups is 1. The first-order valence-electron chi connectivity index (χ1n) is 8.31. The van der Waals surface area contributed by atoms with Crippen molar-refractivity contribution in [2.45, 2.75) is 12.5 Å². The Labute approximate surface area is 159 Å². The Morgan fingerprint density at radius 1 is 1.41 bits per heavy atom. The normalized spacial score (nSPS) is 16.4. The van der Waals surface area contributed by atoms with Gasteiger partial charge in [-0.25, -0.2) is 4.68 Å². The van der Waals surface area contributed by atoms with Crippen LogP contribution in [-0.2, 0) is 11.8 Å². The Bertz CT molecular complexity index is 1080. The van der Waals surface area contributed by atoms with Crippen LogP contribution in [0.2, 0.25) is 5.02 Å². The van der Waals surface area contributed by atoms with Crippen molar-refractivity contribution in [2.75, 3.05) is 12.4 Å². The average Bonchev–Trinajstić information content (AvgIpc) is 3.31. The second kappa shape index (κ2) is 6.84. The Balaban J connectivity index is 1.57. The molecule has 0 spiro atoms. The van der Waals surface area contributed by atoms with Crippen LogP contribution in [0.15, 0.2) is 29.4 Å². The molecule has 3 aromatic rings. The quantitative estimate of drug-likeness (QED) is 0.637. The number of H-pyrrole nitrogens is 1. The second-order valence-corrected chi connectivity index (χ2v) is 6.45. The Morgan fingerprint density at radius 3 is 3.00 bits per heavy atom. The van der Waals surface area contributed by atoms with E-state index in [9.17, 15) is 4.79 Å². The maximum Gasteiger partial charge on any atom is 0.244 e. The number of fused-ring (bicyclic) bond motifs is 1. The van der Waals surface area contributed by atoms with E-state index in [0.29, 0.717) is 28.9 Å². The minimum absolute atomic E-state index is 0.109. The summed E-state index contributed by atoms with van der Waals surface area (Å²) >= 11 is 6.45. The van der Waals surface area contributed by atoms with E-state index in [0.717, 1.165) is 16.5 Å². The van der Waals surface area contributed by atoms with E-state index in [2.05, 4.69) is 35.9 Å². The number of allylic oxidation sites excluding steroid dienone is 1. The number of hydrogen-bond acceptors (Lipinski definition) is 6. The standard InChI is InChI=1S/C17H17ClN8O/c1-19-16(27)13-4-3-9(7-20-13)15-23-17(26(2)25-15)22-12-6-5-11-10(14(12)18)8-21-24-11/h3,5-8,13H,4H2,1-2H3,(H,19,27)(H,21,24)(H,22,23,25). The SMILES string of the molecule is CNC(=O)C1CC=C(c2nc(Nc3ccc4[nH]ncc4c3Cl)n(C)n2)C=N1. The minimum atomic E-state index is -0.402. The number of nitrogens with zero attached hydrogens (tertiary/aromatic N) is 5. The summed E-state index contributed by atoms with van der Waals surface area (Å²) in [5, 5.41) is 18.5. The fourth-order valence-corrected chi connectivity index (χ4v) is 3.09. The molecule has 0 saturated heterocycles. The molecule has 9 nitrogen and oxygen atoms in total. The Hall–Kier alpha value is -3.20. The number of aromatic nitrogens is 5. The number of aromatic amines is 1. The molecule has 1 amide bonds. The van der Waals surface area contributed by atoms with E-state index >= 15 is 0 Å². The molecule has 27 heavy (non-hydrogen) atoms. The number of dihydropyridines is 1. The van der Waals surface area contributed by atoms with Crippen LogP contribution in [0.1, 0.15) is 12.2 Å². The fourth-order valence-electron chi connectivity index (χ4n) is 2.83. The van der Waals surface area contributed by atoms with Crippen LogP contribution in [0.25, 0.3) is 16.5 Å². The van der Waals surface area contributed by atoms with Crippen molar-refractivity contribution in [3.8, 4) is 0 Å². The number of aryl methyl sites for hydroxylation is 1. The summed E-state index contributed by atoms with van der Waals surface area (Å²) in [6.07, 6.45) is 5.73. The summed E-state index contributed by atoms with van der Waals surface area (Å²) in [7, 11) is 3.39. The predicted molar refractivity (Wildman–Crippen MR) is 104 cm³/mol. The number of likely N-dealkylation sites (N-methyl/N-ethyl adjacent to an activating group) is 1. The van der Waals surface area contributed by atoms with Crippen molar-refractivity contribution in [1.29, 1.82) is 0 Å². The predicted octanol–water partition coefficient (Wildman–Crippen LogP) is 2.06. The number of carbonyl (C=O) groups is 1. The van der Waals surface area contributed by atoms with E-state index in [-0.39, 0.29) is 5.91 Å². The van der Waals surface area contributed by atoms with Crippen LogP contribution >= 0.6 is 11.6 Å². The molecule has 1 aromatic carbocycles. The van der Waals surface area contributed by atoms with E-state index in [1.54, 1.807) is 31.2 Å². The van der Waals surface area contributed by atoms with Gasteiger partial charge in [0.05, 0.1) is 22.4 Å². The van der Waals surface area contributed by atoms with Crippen molar-refractivity contribution in [3.05, 3.63) is 35.3 Å². The largest absolute Gasteiger partial charge is 0.357 e. The van der Waals surface area contributed by atoms with E-state index in [1.807, 2.05) is 18.2 Å². The van der Waals surface area contributed by atoms with Gasteiger partial charge < -0.3 is 10.6 Å². The molecule has 0 saturated carbocycles. The summed E-state index contributed by atoms with van der Waals surface area (Å²) in [6, 6.07) is 3.34. The molecule has 138 valence electrons. The van der Waals surface area contributed by atoms with Crippen LogP contribution < -0.4 is 10.6 Å². The van der Waals surface area contributed by atoms with Gasteiger partial charge in [-0.2, -0.15) is 10.1 Å². The highest BCUT2D eigenvalue weighted by atomic mass is 35.5. The number of rotatable bonds is 4. The van der Waals surface area contributed by atoms with Gasteiger partial charge in [-0.3, -0.25) is 14.9 Å². The van der Waals surface area contributed by atoms with Crippen LogP contribution in [0.5, 0.6) is 0 Å². The molecule has 1 atom stereocenters. The van der Waals surface area contributed by atoms with Crippen LogP contribution in [0.3, 0.4) is 0 Å². The third kappa shape index (κ3) is 3.17. The van der Waals surface area contributed by atoms with Gasteiger partial charge in [0, 0.05) is 31.3 Å². The van der Waals surface area contributed by atoms with E-state index < -0.39 is 6.04 Å². The molecule has 0 aliphatic carbocycles. The fraction of sp³-hybridized carbons (Fsp3) is 0.235. The van der Waals surface area contributed by atoms with Gasteiger partial charge >= 0.3 is 0 Å². The second-order valence-electron chi connectivity index (χ2n) is 6.07. The van der Waals surface area contributed by atoms with Gasteiger partial charge in [0.2, 0.25) is 11.9 Å². The van der Waals surface area contributed by atoms with Crippen molar-refractivity contribution in [1.82, 2.24) is 30.3 Å². The molecule has 1 aliphatic rings. The molecule has 0 bridgehead atoms. The summed E-state index contributed by atoms with van der Waals surface area (Å²) in [6.45, 7) is 0. The van der Waals surface area contributed by atoms with E-state index in [1.165, 1.54) is 0 Å². The first kappa shape index (κ1) is 17.2. The maximum absolute atomic E-state index is 11.7. The van der Waals surface area contributed by atoms with Gasteiger partial charge in [0.15, 0.2) is 5.82 Å². The number of anilines is 2. The zero-order valence-electron chi connectivity index (χ0n) is 14.7. The van der Waals surface area contributed by atoms with Crippen LogP contribution in [-0.4, -0.2) is 50.2 Å². The number of amides is 1. The average molecular weight is 385 g/mol. The molecule has 3 N–H and O–H groups in total. The number of hydrogen-bond donors (Lipinski definition) is 3. The highest BCUT2D eigenvalue weighted by Gasteiger charge is 2.20. The molecule has 0 radical (unpaired) electrons. The van der Waals surface area contributed by atoms with E-state index in [4.69, 9.17) is 11.6 Å². The molecule has 3 heterocycles. The summed E-state index contributed by atoms with van der Waals surface area (Å²) < 4.78 is 1.63. The zero-order chi connectivity index (χ0) is 19.0. The Kier molecular flexibility index (Phi) is 4.36. The third-order valence-corrected chi connectivity index (χ3v) is 4.74. The molecule has 1 aliphatic heterocycles. The van der Waals surface area contributed by atoms with Crippen molar-refractivity contribution in [3.63, 3.8) is 0 Å². The van der Waals surface area contributed by atoms with Crippen LogP contribution in [0, 0.1) is 0 Å². The molecule has 2 aromatic heterocycles. The molecule has 1 unspecified atom stereocenters. The maximum atomic E-state index is 11.7. The molecular formula is C17H17ClN8O. The molecular weight excluding hydrogens is 368 g/mol. The zero-order valence-corrected chi connectivity index (χ0v) is 15.4. The van der Waals surface area contributed by atoms with Crippen molar-refractivity contribution in [2.24, 2.45) is 12.0 Å². The van der Waals surface area contributed by atoms with Crippen LogP contribution in [0.4, 0.5) is 11.6 Å². The lowest BCUT2D eigenvalue weighted by molar-refractivity contribution is -0.121. The van der Waals surface area contributed by atoms with Gasteiger partial charge in [-0.15, -0.1) is 5.10 Å². The topological polar surface area (TPSA) is 113 Å². The number of benzene rings is 1. The van der Waals surface area contributed by atoms with Crippen molar-refractivity contribution >= 4 is 51.8 Å². The Morgan fingerprint density at radius 2 is 2.26 bits per heavy atom. The lowest BCUT2D eigenvalue weighted by Gasteiger charge is -2.12. The number of halogens is 1. The number of carbonyl (C=O) groups excluding carboxylic acids is 1. The summed E-state index contributed by atoms with van der Waals surface area (Å²) in [5.74, 6) is 0.958. The van der Waals surface area contributed by atoms with Crippen molar-refractivity contribution < 1.29 is 4.79 Å². The molecule has 4 rings (SSSR count). The van der Waals surface area contributed by atoms with Gasteiger partial charge in [-0.05, 0) is 18.6 Å². The third-order valence-electron chi connectivity index (χ3n) is 4.33. The van der Waals surface area contributed by atoms with Gasteiger partial charge in [0.25, 0.3) is 0 Å². The van der Waals surface area contributed by atoms with Gasteiger partial charge in [-0.1, -0.05) is 17.7 Å². The minimum Gasteiger partial charge on any atom is -0.357 e. The number of nitrogens with one attached hydrogen (secondary N) is 3. The monoisotopic (exact) mass is 384 g/mol. The molecule has 10 heteroatoms. The lowest BCUT2D eigenvalue weighted by Crippen LogP contribution is -2.31. The summed E-state index contributed by atoms with van der Waals surface area (Å²) in [4.78, 5) is 20.5. The highest BCUT2D eigenvalue weighted by Crippen LogP contribution is 2.31. The first-order chi connectivity index (χ1) is 13.1. The highest BCUT2D eigenvalue weighted by molar-refractivity contribution is 6.38. The summed E-state index contributed by atoms with van der Waals surface area (Å²) in [5.41, 5.74) is 2.34. The lowest BCUT2D eigenvalue weighted by atomic mass is 10.1. The first-order valence-corrected chi connectivity index (χ1v) is 8.69. The smallest absolute Gasteiger partial charge is 0.244 e. The molecule has 0 fully saturated rings.